The van der Waals surface area contributed by atoms with E-state index < -0.39 is 7.94 Å². The number of benzene rings is 2. The maximum absolute atomic E-state index is 13.1. The van der Waals surface area contributed by atoms with Gasteiger partial charge in [-0.3, -0.25) is 0 Å². The Morgan fingerprint density at radius 1 is 0.955 bits per heavy atom. The number of halogens is 2. The highest BCUT2D eigenvalue weighted by atomic mass is 35.5. The van der Waals surface area contributed by atoms with Crippen molar-refractivity contribution in [3.8, 4) is 11.5 Å². The molecule has 0 radical (unpaired) electrons. The minimum Gasteiger partial charge on any atom is -0.616 e. The Morgan fingerprint density at radius 2 is 1.41 bits per heavy atom. The Balaban J connectivity index is 2.17. The highest BCUT2D eigenvalue weighted by Gasteiger charge is 2.40. The lowest BCUT2D eigenvalue weighted by atomic mass is 10.0. The Hall–Kier alpha value is -0.990. The average molecular weight is 357 g/mol. The molecule has 2 aromatic carbocycles. The first-order chi connectivity index (χ1) is 10.4. The van der Waals surface area contributed by atoms with Crippen LogP contribution in [-0.4, -0.2) is 5.66 Å². The predicted molar refractivity (Wildman–Crippen MR) is 89.0 cm³/mol. The maximum Gasteiger partial charge on any atom is 0.334 e. The molecule has 0 saturated carbocycles. The molecule has 1 aliphatic rings. The summed E-state index contributed by atoms with van der Waals surface area (Å²) in [4.78, 5) is 13.1. The van der Waals surface area contributed by atoms with Crippen molar-refractivity contribution in [2.45, 2.75) is 25.9 Å². The molecule has 1 heterocycles. The van der Waals surface area contributed by atoms with E-state index >= 15 is 0 Å². The van der Waals surface area contributed by atoms with Gasteiger partial charge < -0.3 is 13.9 Å². The predicted octanol–water partition coefficient (Wildman–Crippen LogP) is 4.89. The van der Waals surface area contributed by atoms with E-state index in [0.717, 1.165) is 11.1 Å². The highest BCUT2D eigenvalue weighted by molar-refractivity contribution is 7.60. The lowest BCUT2D eigenvalue weighted by Crippen LogP contribution is -2.29. The molecule has 0 unspecified atom stereocenters. The molecule has 0 aliphatic carbocycles. The van der Waals surface area contributed by atoms with Gasteiger partial charge in [-0.25, -0.2) is 0 Å². The van der Waals surface area contributed by atoms with Crippen molar-refractivity contribution in [3.05, 3.63) is 57.6 Å². The van der Waals surface area contributed by atoms with Gasteiger partial charge in [-0.1, -0.05) is 23.2 Å². The van der Waals surface area contributed by atoms with Crippen LogP contribution in [0, 0.1) is 0 Å². The van der Waals surface area contributed by atoms with E-state index in [1.165, 1.54) is 0 Å². The van der Waals surface area contributed by atoms with Crippen molar-refractivity contribution in [2.75, 3.05) is 0 Å². The molecule has 0 atom stereocenters. The van der Waals surface area contributed by atoms with E-state index in [0.29, 0.717) is 28.0 Å². The molecular formula is C16H15Cl2O3P. The van der Waals surface area contributed by atoms with E-state index in [1.807, 2.05) is 26.0 Å². The van der Waals surface area contributed by atoms with Crippen LogP contribution in [0.1, 0.15) is 25.0 Å². The van der Waals surface area contributed by atoms with Gasteiger partial charge in [0.1, 0.15) is 5.66 Å². The van der Waals surface area contributed by atoms with Crippen LogP contribution >= 0.6 is 31.1 Å². The molecule has 116 valence electrons. The molecule has 3 rings (SSSR count). The minimum atomic E-state index is -3.34. The molecule has 0 fully saturated rings. The molecule has 0 amide bonds. The molecular weight excluding hydrogens is 342 g/mol. The minimum absolute atomic E-state index is 0.280. The van der Waals surface area contributed by atoms with Crippen LogP contribution in [-0.2, 0) is 6.42 Å². The van der Waals surface area contributed by atoms with Crippen molar-refractivity contribution in [3.63, 3.8) is 0 Å². The summed E-state index contributed by atoms with van der Waals surface area (Å²) in [5.41, 5.74) is 1.44. The van der Waals surface area contributed by atoms with E-state index in [4.69, 9.17) is 32.2 Å². The van der Waals surface area contributed by atoms with Crippen molar-refractivity contribution < 1.29 is 13.9 Å². The van der Waals surface area contributed by atoms with Crippen LogP contribution in [0.15, 0.2) is 36.4 Å². The van der Waals surface area contributed by atoms with Crippen molar-refractivity contribution in [2.24, 2.45) is 0 Å². The Morgan fingerprint density at radius 3 is 1.82 bits per heavy atom. The molecule has 0 spiro atoms. The number of rotatable bonds is 1. The summed E-state index contributed by atoms with van der Waals surface area (Å²) in [6, 6.07) is 10.5. The first-order valence-electron chi connectivity index (χ1n) is 6.93. The zero-order chi connectivity index (χ0) is 15.9. The van der Waals surface area contributed by atoms with Crippen molar-refractivity contribution in [1.29, 1.82) is 0 Å². The van der Waals surface area contributed by atoms with Gasteiger partial charge in [-0.05, 0) is 50.2 Å². The van der Waals surface area contributed by atoms with E-state index in [1.54, 1.807) is 24.3 Å². The van der Waals surface area contributed by atoms with Crippen LogP contribution in [0.4, 0.5) is 0 Å². The Labute approximate surface area is 140 Å². The van der Waals surface area contributed by atoms with Crippen molar-refractivity contribution in [1.82, 2.24) is 0 Å². The Kier molecular flexibility index (Phi) is 4.26. The standard InChI is InChI=1S/C16H15Cl2O3P/c1-10(2)22(19)20-15-5-3-13(17)8-11(15)7-12-9-14(18)4-6-16(12)21-22/h3-6,8-10H,7H2,1-2H3. The summed E-state index contributed by atoms with van der Waals surface area (Å²) in [6.45, 7) is 3.63. The SMILES string of the molecule is CC(C)[P+]1([O-])Oc2ccc(Cl)cc2Cc2cc(Cl)ccc2O1. The summed E-state index contributed by atoms with van der Waals surface area (Å²) in [6.07, 6.45) is 0.546. The number of fused-ring (bicyclic) bond motifs is 2. The van der Waals surface area contributed by atoms with Crippen molar-refractivity contribution >= 4 is 31.1 Å². The van der Waals surface area contributed by atoms with Gasteiger partial charge in [0, 0.05) is 27.6 Å². The van der Waals surface area contributed by atoms with Gasteiger partial charge in [0.05, 0.1) is 0 Å². The third-order valence-electron chi connectivity index (χ3n) is 3.51. The van der Waals surface area contributed by atoms with Gasteiger partial charge in [0.15, 0.2) is 11.5 Å². The smallest absolute Gasteiger partial charge is 0.334 e. The second-order valence-corrected chi connectivity index (χ2v) is 8.85. The average Bonchev–Trinajstić information content (AvgIpc) is 2.43. The molecule has 0 N–H and O–H groups in total. The molecule has 22 heavy (non-hydrogen) atoms. The van der Waals surface area contributed by atoms with Crippen LogP contribution in [0.5, 0.6) is 11.5 Å². The van der Waals surface area contributed by atoms with Gasteiger partial charge in [0.25, 0.3) is 0 Å². The largest absolute Gasteiger partial charge is 0.616 e. The summed E-state index contributed by atoms with van der Waals surface area (Å²) in [5.74, 6) is 1.07. The molecule has 0 bridgehead atoms. The van der Waals surface area contributed by atoms with Crippen LogP contribution in [0.3, 0.4) is 0 Å². The van der Waals surface area contributed by atoms with Crippen LogP contribution in [0.2, 0.25) is 10.0 Å². The molecule has 0 aromatic heterocycles. The second kappa shape index (κ2) is 5.90. The third-order valence-corrected chi connectivity index (χ3v) is 6.15. The quantitative estimate of drug-likeness (QED) is 0.683. The number of hydrogen-bond acceptors (Lipinski definition) is 3. The molecule has 0 saturated heterocycles. The first-order valence-corrected chi connectivity index (χ1v) is 9.30. The summed E-state index contributed by atoms with van der Waals surface area (Å²) >= 11 is 12.2. The normalized spacial score (nSPS) is 15.9. The summed E-state index contributed by atoms with van der Waals surface area (Å²) in [5, 5.41) is 1.21. The first kappa shape index (κ1) is 15.9. The molecule has 6 heteroatoms. The Bertz CT molecular complexity index is 665. The molecule has 3 nitrogen and oxygen atoms in total. The fourth-order valence-electron chi connectivity index (χ4n) is 2.26. The van der Waals surface area contributed by atoms with E-state index in [2.05, 4.69) is 0 Å². The molecule has 2 aromatic rings. The van der Waals surface area contributed by atoms with Gasteiger partial charge >= 0.3 is 7.94 Å². The zero-order valence-corrected chi connectivity index (χ0v) is 14.6. The lowest BCUT2D eigenvalue weighted by molar-refractivity contribution is -0.205. The maximum atomic E-state index is 13.1. The van der Waals surface area contributed by atoms with E-state index in [9.17, 15) is 4.89 Å². The highest BCUT2D eigenvalue weighted by Crippen LogP contribution is 2.58. The lowest BCUT2D eigenvalue weighted by Gasteiger charge is -2.33. The van der Waals surface area contributed by atoms with Gasteiger partial charge in [-0.2, -0.15) is 0 Å². The third kappa shape index (κ3) is 3.04. The zero-order valence-electron chi connectivity index (χ0n) is 12.2. The van der Waals surface area contributed by atoms with Gasteiger partial charge in [0.2, 0.25) is 0 Å². The topological polar surface area (TPSA) is 41.5 Å². The van der Waals surface area contributed by atoms with Crippen LogP contribution in [0.25, 0.3) is 0 Å². The fraction of sp³-hybridized carbons (Fsp3) is 0.250. The van der Waals surface area contributed by atoms with Gasteiger partial charge in [-0.15, -0.1) is 0 Å². The number of hydrogen-bond donors (Lipinski definition) is 0. The van der Waals surface area contributed by atoms with E-state index in [-0.39, 0.29) is 5.66 Å². The second-order valence-electron chi connectivity index (χ2n) is 5.50. The monoisotopic (exact) mass is 356 g/mol. The summed E-state index contributed by atoms with van der Waals surface area (Å²) < 4.78 is 11.5. The fourth-order valence-corrected chi connectivity index (χ4v) is 4.01. The van der Waals surface area contributed by atoms with Crippen LogP contribution < -0.4 is 13.9 Å². The molecule has 1 aliphatic heterocycles. The summed E-state index contributed by atoms with van der Waals surface area (Å²) in [7, 11) is -3.34.